The fourth-order valence-corrected chi connectivity index (χ4v) is 3.03. The predicted octanol–water partition coefficient (Wildman–Crippen LogP) is 2.95. The summed E-state index contributed by atoms with van der Waals surface area (Å²) in [5.74, 6) is 0.262. The molecule has 4 rings (SSSR count). The number of benzene rings is 2. The smallest absolute Gasteiger partial charge is 0.245 e. The highest BCUT2D eigenvalue weighted by molar-refractivity contribution is 5.92. The van der Waals surface area contributed by atoms with Crippen molar-refractivity contribution in [1.82, 2.24) is 19.6 Å². The number of hydrogen-bond acceptors (Lipinski definition) is 4. The predicted molar refractivity (Wildman–Crippen MR) is 102 cm³/mol. The van der Waals surface area contributed by atoms with E-state index in [-0.39, 0.29) is 12.5 Å². The van der Waals surface area contributed by atoms with Gasteiger partial charge in [-0.3, -0.25) is 4.79 Å². The Balaban J connectivity index is 1.57. The molecule has 7 nitrogen and oxygen atoms in total. The van der Waals surface area contributed by atoms with E-state index < -0.39 is 0 Å². The van der Waals surface area contributed by atoms with Gasteiger partial charge in [0.05, 0.1) is 17.8 Å². The number of nitrogens with one attached hydrogen (secondary N) is 1. The number of carbonyl (C=O) groups excluding carboxylic acids is 1. The van der Waals surface area contributed by atoms with Gasteiger partial charge in [0, 0.05) is 24.1 Å². The van der Waals surface area contributed by atoms with Gasteiger partial charge in [-0.1, -0.05) is 18.2 Å². The lowest BCUT2D eigenvalue weighted by Gasteiger charge is -2.07. The summed E-state index contributed by atoms with van der Waals surface area (Å²) < 4.78 is 1.89. The molecule has 4 aromatic rings. The Bertz CT molecular complexity index is 1180. The Kier molecular flexibility index (Phi) is 4.15. The number of nitrogens with zero attached hydrogens (tertiary/aromatic N) is 5. The number of aryl methyl sites for hydroxylation is 1. The highest BCUT2D eigenvalue weighted by atomic mass is 16.2. The van der Waals surface area contributed by atoms with Crippen LogP contribution in [0.4, 0.5) is 5.82 Å². The van der Waals surface area contributed by atoms with Crippen molar-refractivity contribution in [3.63, 3.8) is 0 Å². The second-order valence-corrected chi connectivity index (χ2v) is 6.18. The van der Waals surface area contributed by atoms with Gasteiger partial charge in [-0.25, -0.2) is 0 Å². The van der Waals surface area contributed by atoms with E-state index in [9.17, 15) is 4.79 Å². The summed E-state index contributed by atoms with van der Waals surface area (Å²) in [4.78, 5) is 13.6. The first-order valence-corrected chi connectivity index (χ1v) is 8.38. The highest BCUT2D eigenvalue weighted by Gasteiger charge is 2.09. The van der Waals surface area contributed by atoms with Gasteiger partial charge >= 0.3 is 0 Å². The van der Waals surface area contributed by atoms with Crippen LogP contribution in [0.5, 0.6) is 0 Å². The van der Waals surface area contributed by atoms with Crippen LogP contribution in [0.3, 0.4) is 0 Å². The summed E-state index contributed by atoms with van der Waals surface area (Å²) in [5.41, 5.74) is 3.61. The van der Waals surface area contributed by atoms with Crippen LogP contribution >= 0.6 is 0 Å². The normalized spacial score (nSPS) is 10.7. The third-order valence-electron chi connectivity index (χ3n) is 4.28. The maximum absolute atomic E-state index is 12.3. The first-order chi connectivity index (χ1) is 13.1. The molecule has 2 aromatic heterocycles. The quantitative estimate of drug-likeness (QED) is 0.609. The van der Waals surface area contributed by atoms with Crippen molar-refractivity contribution in [3.05, 3.63) is 66.5 Å². The first-order valence-electron chi connectivity index (χ1n) is 8.38. The molecule has 0 radical (unpaired) electrons. The highest BCUT2D eigenvalue weighted by Crippen LogP contribution is 2.26. The molecule has 7 heteroatoms. The van der Waals surface area contributed by atoms with E-state index in [4.69, 9.17) is 5.26 Å². The number of nitriles is 1. The van der Waals surface area contributed by atoms with Crippen LogP contribution < -0.4 is 5.32 Å². The van der Waals surface area contributed by atoms with E-state index in [0.29, 0.717) is 11.4 Å². The van der Waals surface area contributed by atoms with Crippen molar-refractivity contribution in [2.45, 2.75) is 6.54 Å². The van der Waals surface area contributed by atoms with Gasteiger partial charge in [-0.15, -0.1) is 5.10 Å². The number of anilines is 1. The molecule has 2 aromatic carbocycles. The molecule has 0 saturated heterocycles. The van der Waals surface area contributed by atoms with E-state index >= 15 is 0 Å². The number of fused-ring (bicyclic) bond motifs is 1. The molecule has 0 saturated carbocycles. The zero-order chi connectivity index (χ0) is 18.8. The Morgan fingerprint density at radius 1 is 1.19 bits per heavy atom. The van der Waals surface area contributed by atoms with Gasteiger partial charge in [0.2, 0.25) is 5.91 Å². The van der Waals surface area contributed by atoms with Crippen molar-refractivity contribution < 1.29 is 4.79 Å². The minimum Gasteiger partial charge on any atom is -0.338 e. The summed E-state index contributed by atoms with van der Waals surface area (Å²) in [6, 6.07) is 17.7. The Morgan fingerprint density at radius 2 is 2.04 bits per heavy atom. The average molecular weight is 356 g/mol. The molecule has 0 unspecified atom stereocenters. The summed E-state index contributed by atoms with van der Waals surface area (Å²) in [7, 11) is 1.69. The minimum absolute atomic E-state index is 0.168. The Hall–Kier alpha value is -3.92. The first kappa shape index (κ1) is 16.5. The van der Waals surface area contributed by atoms with Crippen molar-refractivity contribution in [3.8, 4) is 17.2 Å². The zero-order valence-electron chi connectivity index (χ0n) is 14.6. The van der Waals surface area contributed by atoms with E-state index in [1.807, 2.05) is 47.2 Å². The lowest BCUT2D eigenvalue weighted by atomic mass is 10.0. The molecule has 0 fully saturated rings. The Morgan fingerprint density at radius 3 is 2.81 bits per heavy atom. The second-order valence-electron chi connectivity index (χ2n) is 6.18. The topological polar surface area (TPSA) is 88.5 Å². The summed E-state index contributed by atoms with van der Waals surface area (Å²) >= 11 is 0. The summed E-state index contributed by atoms with van der Waals surface area (Å²) in [6.07, 6.45) is 3.39. The molecule has 1 amide bonds. The summed E-state index contributed by atoms with van der Waals surface area (Å²) in [5, 5.41) is 20.8. The molecule has 0 aliphatic heterocycles. The monoisotopic (exact) mass is 356 g/mol. The van der Waals surface area contributed by atoms with Crippen molar-refractivity contribution in [2.24, 2.45) is 7.05 Å². The maximum atomic E-state index is 12.3. The van der Waals surface area contributed by atoms with Gasteiger partial charge in [0.1, 0.15) is 6.54 Å². The average Bonchev–Trinajstić information content (AvgIpc) is 3.27. The largest absolute Gasteiger partial charge is 0.338 e. The number of hydrogen-bond donors (Lipinski definition) is 1. The fraction of sp³-hybridized carbons (Fsp3) is 0.100. The van der Waals surface area contributed by atoms with Gasteiger partial charge in [-0.05, 0) is 41.5 Å². The molecular formula is C20H16N6O. The minimum atomic E-state index is -0.168. The van der Waals surface area contributed by atoms with Gasteiger partial charge in [0.25, 0.3) is 0 Å². The van der Waals surface area contributed by atoms with Crippen molar-refractivity contribution in [1.29, 1.82) is 5.26 Å². The maximum Gasteiger partial charge on any atom is 0.245 e. The van der Waals surface area contributed by atoms with Crippen molar-refractivity contribution in [2.75, 3.05) is 5.32 Å². The molecule has 0 aliphatic carbocycles. The van der Waals surface area contributed by atoms with E-state index in [0.717, 1.165) is 22.0 Å². The molecular weight excluding hydrogens is 340 g/mol. The van der Waals surface area contributed by atoms with Crippen LogP contribution in [0.1, 0.15) is 5.56 Å². The number of carbonyl (C=O) groups is 1. The number of amides is 1. The van der Waals surface area contributed by atoms with Crippen LogP contribution in [0, 0.1) is 11.3 Å². The number of aromatic nitrogens is 4. The van der Waals surface area contributed by atoms with E-state index in [2.05, 4.69) is 27.6 Å². The molecule has 132 valence electrons. The van der Waals surface area contributed by atoms with Crippen molar-refractivity contribution >= 4 is 22.6 Å². The van der Waals surface area contributed by atoms with Crippen LogP contribution in [0.25, 0.3) is 22.0 Å². The SMILES string of the molecule is Cn1ncc(NC(=O)Cn2ccc3cc(-c4cccc(C#N)c4)ccc32)n1. The molecule has 0 spiro atoms. The third kappa shape index (κ3) is 3.41. The lowest BCUT2D eigenvalue weighted by molar-refractivity contribution is -0.116. The second kappa shape index (κ2) is 6.77. The fourth-order valence-electron chi connectivity index (χ4n) is 3.03. The lowest BCUT2D eigenvalue weighted by Crippen LogP contribution is -2.18. The van der Waals surface area contributed by atoms with Gasteiger partial charge in [-0.2, -0.15) is 15.2 Å². The third-order valence-corrected chi connectivity index (χ3v) is 4.28. The standard InChI is InChI=1S/C20H16N6O/c1-25-22-12-19(24-25)23-20(27)13-26-8-7-17-10-16(5-6-18(17)26)15-4-2-3-14(9-15)11-21/h2-10,12H,13H2,1H3,(H,23,24,27). The van der Waals surface area contributed by atoms with Crippen LogP contribution in [0.15, 0.2) is 60.9 Å². The van der Waals surface area contributed by atoms with E-state index in [1.165, 1.54) is 11.0 Å². The van der Waals surface area contributed by atoms with Crippen LogP contribution in [-0.4, -0.2) is 25.5 Å². The number of rotatable bonds is 4. The molecule has 27 heavy (non-hydrogen) atoms. The zero-order valence-corrected chi connectivity index (χ0v) is 14.6. The summed E-state index contributed by atoms with van der Waals surface area (Å²) in [6.45, 7) is 0.184. The molecule has 0 atom stereocenters. The molecule has 0 aliphatic rings. The van der Waals surface area contributed by atoms with Gasteiger partial charge in [0.15, 0.2) is 5.82 Å². The van der Waals surface area contributed by atoms with Crippen LogP contribution in [0.2, 0.25) is 0 Å². The Labute approximate surface area is 155 Å². The van der Waals surface area contributed by atoms with Gasteiger partial charge < -0.3 is 9.88 Å². The van der Waals surface area contributed by atoms with E-state index in [1.54, 1.807) is 13.1 Å². The molecule has 0 bridgehead atoms. The molecule has 1 N–H and O–H groups in total. The molecule has 2 heterocycles. The van der Waals surface area contributed by atoms with Crippen LogP contribution in [-0.2, 0) is 18.4 Å².